The maximum Gasteiger partial charge on any atom is 0.303 e. The Morgan fingerprint density at radius 3 is 2.44 bits per heavy atom. The Bertz CT molecular complexity index is 2150. The number of benzene rings is 2. The molecule has 1 atom stereocenters. The Balaban J connectivity index is 1.18. The normalized spacial score (nSPS) is 15.7. The van der Waals surface area contributed by atoms with Crippen LogP contribution in [-0.2, 0) is 26.2 Å². The lowest BCUT2D eigenvalue weighted by Gasteiger charge is -2.40. The van der Waals surface area contributed by atoms with Gasteiger partial charge < -0.3 is 36.1 Å². The molecule has 6 N–H and O–H groups in total. The molecule has 0 bridgehead atoms. The molecule has 2 heterocycles. The predicted molar refractivity (Wildman–Crippen MR) is 207 cm³/mol. The van der Waals surface area contributed by atoms with E-state index in [0.717, 1.165) is 48.7 Å². The van der Waals surface area contributed by atoms with Crippen molar-refractivity contribution in [2.75, 3.05) is 11.9 Å². The molecule has 2 saturated carbocycles. The maximum absolute atomic E-state index is 13.8. The number of carboxylic acids is 1. The summed E-state index contributed by atoms with van der Waals surface area (Å²) in [6.07, 6.45) is 11.5. The van der Waals surface area contributed by atoms with Gasteiger partial charge in [-0.25, -0.2) is 9.97 Å². The SMILES string of the molecule is CCOc1cc(NC(=O)C2(NC(=O)c3ccc4c(C5CCCC5)c(-c5ncc(Cl)cn5)n(C)c4c3)CCC2)ccc1/C=C/C(=O)N[C@@H](CCC(=O)O)C(N)=O. The van der Waals surface area contributed by atoms with E-state index in [4.69, 9.17) is 27.2 Å². The van der Waals surface area contributed by atoms with Crippen LogP contribution >= 0.6 is 11.6 Å². The van der Waals surface area contributed by atoms with Crippen LogP contribution in [0.3, 0.4) is 0 Å². The lowest BCUT2D eigenvalue weighted by molar-refractivity contribution is -0.137. The fourth-order valence-electron chi connectivity index (χ4n) is 7.39. The lowest BCUT2D eigenvalue weighted by atomic mass is 9.75. The van der Waals surface area contributed by atoms with E-state index >= 15 is 0 Å². The first kappa shape index (κ1) is 38.9. The Morgan fingerprint density at radius 2 is 1.80 bits per heavy atom. The van der Waals surface area contributed by atoms with Crippen LogP contribution in [0.2, 0.25) is 5.02 Å². The number of nitrogens with one attached hydrogen (secondary N) is 3. The summed E-state index contributed by atoms with van der Waals surface area (Å²) < 4.78 is 7.82. The summed E-state index contributed by atoms with van der Waals surface area (Å²) in [5.41, 5.74) is 8.54. The van der Waals surface area contributed by atoms with Gasteiger partial charge in [0.05, 0.1) is 17.3 Å². The third-order valence-electron chi connectivity index (χ3n) is 10.4. The highest BCUT2D eigenvalue weighted by Crippen LogP contribution is 2.44. The van der Waals surface area contributed by atoms with Gasteiger partial charge in [-0.3, -0.25) is 24.0 Å². The number of aryl methyl sites for hydroxylation is 1. The highest BCUT2D eigenvalue weighted by Gasteiger charge is 2.45. The Labute approximate surface area is 322 Å². The van der Waals surface area contributed by atoms with Crippen LogP contribution in [0.15, 0.2) is 54.9 Å². The van der Waals surface area contributed by atoms with Gasteiger partial charge in [-0.1, -0.05) is 30.5 Å². The van der Waals surface area contributed by atoms with Crippen molar-refractivity contribution < 1.29 is 33.8 Å². The molecule has 2 aliphatic rings. The van der Waals surface area contributed by atoms with Crippen molar-refractivity contribution in [3.05, 3.63) is 76.6 Å². The van der Waals surface area contributed by atoms with Gasteiger partial charge in [-0.15, -0.1) is 0 Å². The Kier molecular flexibility index (Phi) is 11.8. The molecule has 15 heteroatoms. The number of nitrogens with two attached hydrogens (primary N) is 1. The molecular formula is C40H44ClN7O7. The van der Waals surface area contributed by atoms with E-state index in [1.54, 1.807) is 43.6 Å². The summed E-state index contributed by atoms with van der Waals surface area (Å²) in [5, 5.41) is 18.8. The monoisotopic (exact) mass is 769 g/mol. The number of primary amides is 1. The lowest BCUT2D eigenvalue weighted by Crippen LogP contribution is -2.61. The number of ether oxygens (including phenoxy) is 1. The van der Waals surface area contributed by atoms with Crippen LogP contribution in [0.4, 0.5) is 5.69 Å². The third-order valence-corrected chi connectivity index (χ3v) is 10.6. The van der Waals surface area contributed by atoms with E-state index in [0.29, 0.717) is 58.8 Å². The minimum absolute atomic E-state index is 0.143. The second-order valence-corrected chi connectivity index (χ2v) is 14.5. The molecule has 2 aliphatic carbocycles. The Hall–Kier alpha value is -5.76. The highest BCUT2D eigenvalue weighted by molar-refractivity contribution is 6.30. The van der Waals surface area contributed by atoms with Crippen molar-refractivity contribution in [1.29, 1.82) is 0 Å². The van der Waals surface area contributed by atoms with E-state index in [2.05, 4.69) is 25.9 Å². The van der Waals surface area contributed by atoms with Gasteiger partial charge in [0.15, 0.2) is 5.82 Å². The number of aromatic nitrogens is 3. The van der Waals surface area contributed by atoms with Gasteiger partial charge in [0, 0.05) is 65.7 Å². The summed E-state index contributed by atoms with van der Waals surface area (Å²) in [7, 11) is 1.95. The smallest absolute Gasteiger partial charge is 0.303 e. The Morgan fingerprint density at radius 1 is 1.07 bits per heavy atom. The van der Waals surface area contributed by atoms with E-state index in [1.165, 1.54) is 17.7 Å². The van der Waals surface area contributed by atoms with Crippen LogP contribution in [0.25, 0.3) is 28.5 Å². The minimum Gasteiger partial charge on any atom is -0.493 e. The average molecular weight is 770 g/mol. The molecule has 0 aliphatic heterocycles. The van der Waals surface area contributed by atoms with Gasteiger partial charge >= 0.3 is 5.97 Å². The summed E-state index contributed by atoms with van der Waals surface area (Å²) in [5.74, 6) is -2.02. The van der Waals surface area contributed by atoms with Crippen molar-refractivity contribution in [2.45, 2.75) is 82.2 Å². The van der Waals surface area contributed by atoms with Crippen LogP contribution in [0, 0.1) is 0 Å². The molecule has 2 aromatic carbocycles. The maximum atomic E-state index is 13.8. The number of hydrogen-bond donors (Lipinski definition) is 5. The van der Waals surface area contributed by atoms with Crippen molar-refractivity contribution >= 4 is 63.9 Å². The van der Waals surface area contributed by atoms with Gasteiger partial charge in [0.2, 0.25) is 17.7 Å². The van der Waals surface area contributed by atoms with Crippen molar-refractivity contribution in [1.82, 2.24) is 25.2 Å². The number of rotatable bonds is 15. The number of aliphatic carboxylic acids is 1. The number of fused-ring (bicyclic) bond motifs is 1. The van der Waals surface area contributed by atoms with Gasteiger partial charge in [0.1, 0.15) is 17.3 Å². The van der Waals surface area contributed by atoms with Crippen molar-refractivity contribution in [3.63, 3.8) is 0 Å². The fraction of sp³-hybridized carbons (Fsp3) is 0.375. The predicted octanol–water partition coefficient (Wildman–Crippen LogP) is 5.48. The zero-order valence-corrected chi connectivity index (χ0v) is 31.4. The molecule has 55 heavy (non-hydrogen) atoms. The zero-order valence-electron chi connectivity index (χ0n) is 30.7. The second kappa shape index (κ2) is 16.7. The molecule has 4 amide bonds. The van der Waals surface area contributed by atoms with Gasteiger partial charge in [0.25, 0.3) is 5.91 Å². The second-order valence-electron chi connectivity index (χ2n) is 14.0. The summed E-state index contributed by atoms with van der Waals surface area (Å²) >= 11 is 6.11. The number of halogens is 1. The molecule has 288 valence electrons. The average Bonchev–Trinajstić information content (AvgIpc) is 3.77. The zero-order chi connectivity index (χ0) is 39.3. The number of carbonyl (C=O) groups is 5. The standard InChI is InChI=1S/C40H44ClN7O7/c1-3-55-31-20-27(12-9-23(31)11-15-32(49)46-29(36(42)52)14-16-33(50)51)45-39(54)40(17-6-18-40)47-38(53)25-10-13-28-30(19-25)48(2)35(34(28)24-7-4-5-8-24)37-43-21-26(41)22-44-37/h9-13,15,19-22,24,29H,3-8,14,16-18H2,1-2H3,(H2,42,52)(H,45,54)(H,46,49)(H,47,53)(H,50,51)/b15-11+/t29-/m0/s1. The summed E-state index contributed by atoms with van der Waals surface area (Å²) in [6.45, 7) is 2.09. The van der Waals surface area contributed by atoms with Crippen molar-refractivity contribution in [3.8, 4) is 17.3 Å². The number of carboxylic acid groups (broad SMARTS) is 1. The third kappa shape index (κ3) is 8.64. The quantitative estimate of drug-likeness (QED) is 0.0969. The topological polar surface area (TPSA) is 208 Å². The molecule has 2 aromatic heterocycles. The van der Waals surface area contributed by atoms with E-state index < -0.39 is 29.4 Å². The highest BCUT2D eigenvalue weighted by atomic mass is 35.5. The molecular weight excluding hydrogens is 726 g/mol. The molecule has 0 saturated heterocycles. The molecule has 6 rings (SSSR count). The van der Waals surface area contributed by atoms with Crippen LogP contribution in [0.5, 0.6) is 5.75 Å². The number of anilines is 1. The molecule has 0 unspecified atom stereocenters. The van der Waals surface area contributed by atoms with Crippen LogP contribution < -0.4 is 26.4 Å². The fourth-order valence-corrected chi connectivity index (χ4v) is 7.49. The number of carbonyl (C=O) groups excluding carboxylic acids is 4. The van der Waals surface area contributed by atoms with E-state index in [9.17, 15) is 24.0 Å². The van der Waals surface area contributed by atoms with E-state index in [-0.39, 0.29) is 24.7 Å². The number of amides is 4. The molecule has 2 fully saturated rings. The first-order chi connectivity index (χ1) is 26.4. The molecule has 14 nitrogen and oxygen atoms in total. The summed E-state index contributed by atoms with van der Waals surface area (Å²) in [4.78, 5) is 71.8. The van der Waals surface area contributed by atoms with Crippen LogP contribution in [-0.4, -0.2) is 67.4 Å². The minimum atomic E-state index is -1.14. The molecule has 0 spiro atoms. The first-order valence-corrected chi connectivity index (χ1v) is 18.8. The molecule has 0 radical (unpaired) electrons. The van der Waals surface area contributed by atoms with E-state index in [1.807, 2.05) is 23.7 Å². The summed E-state index contributed by atoms with van der Waals surface area (Å²) in [6, 6.07) is 9.43. The van der Waals surface area contributed by atoms with Gasteiger partial charge in [-0.05, 0) is 87.3 Å². The molecule has 4 aromatic rings. The first-order valence-electron chi connectivity index (χ1n) is 18.4. The number of hydrogen-bond acceptors (Lipinski definition) is 8. The largest absolute Gasteiger partial charge is 0.493 e. The van der Waals surface area contributed by atoms with Crippen LogP contribution in [0.1, 0.15) is 92.1 Å². The number of nitrogens with zero attached hydrogens (tertiary/aromatic N) is 3. The van der Waals surface area contributed by atoms with Crippen molar-refractivity contribution in [2.24, 2.45) is 12.8 Å². The van der Waals surface area contributed by atoms with Gasteiger partial charge in [-0.2, -0.15) is 0 Å².